The lowest BCUT2D eigenvalue weighted by Crippen LogP contribution is -2.15. The Hall–Kier alpha value is -1.62. The lowest BCUT2D eigenvalue weighted by Gasteiger charge is -2.06. The Kier molecular flexibility index (Phi) is 3.41. The van der Waals surface area contributed by atoms with Gasteiger partial charge < -0.3 is 9.94 Å². The largest absolute Gasteiger partial charge is 0.508 e. The molecule has 0 aromatic heterocycles. The molecule has 0 heterocycles. The number of benzene rings is 1. The Bertz CT molecular complexity index is 342. The molecule has 0 saturated heterocycles. The number of rotatable bonds is 3. The smallest absolute Gasteiger partial charge is 0.237 e. The Morgan fingerprint density at radius 3 is 2.93 bits per heavy atom. The van der Waals surface area contributed by atoms with Gasteiger partial charge in [0.05, 0.1) is 0 Å². The molecule has 14 heavy (non-hydrogen) atoms. The number of nitrogens with one attached hydrogen (secondary N) is 2. The van der Waals surface area contributed by atoms with Gasteiger partial charge in [-0.2, -0.15) is 5.48 Å². The molecule has 0 aliphatic carbocycles. The molecule has 1 rings (SSSR count). The van der Waals surface area contributed by atoms with Crippen molar-refractivity contribution in [2.45, 2.75) is 6.67 Å². The van der Waals surface area contributed by atoms with Crippen molar-refractivity contribution in [2.75, 3.05) is 7.05 Å². The molecule has 0 spiro atoms. The molecule has 76 valence electrons. The van der Waals surface area contributed by atoms with E-state index in [1.54, 1.807) is 0 Å². The lowest BCUT2D eigenvalue weighted by molar-refractivity contribution is 0.208. The maximum absolute atomic E-state index is 12.3. The number of alkyl halides is 1. The first-order valence-electron chi connectivity index (χ1n) is 3.99. The lowest BCUT2D eigenvalue weighted by atomic mass is 10.1. The number of phenols is 1. The summed E-state index contributed by atoms with van der Waals surface area (Å²) in [7, 11) is 1.52. The van der Waals surface area contributed by atoms with Crippen molar-refractivity contribution in [1.82, 2.24) is 5.48 Å². The van der Waals surface area contributed by atoms with Crippen LogP contribution in [0.3, 0.4) is 0 Å². The molecule has 5 heteroatoms. The number of aromatic hydroxyl groups is 1. The van der Waals surface area contributed by atoms with Crippen LogP contribution < -0.4 is 5.48 Å². The fraction of sp³-hybridized carbons (Fsp3) is 0.222. The first-order valence-corrected chi connectivity index (χ1v) is 3.99. The van der Waals surface area contributed by atoms with E-state index < -0.39 is 6.67 Å². The summed E-state index contributed by atoms with van der Waals surface area (Å²) >= 11 is 0. The predicted molar refractivity (Wildman–Crippen MR) is 49.9 cm³/mol. The van der Waals surface area contributed by atoms with Crippen LogP contribution in [0.1, 0.15) is 11.1 Å². The van der Waals surface area contributed by atoms with Crippen LogP contribution in [0.5, 0.6) is 5.75 Å². The number of hydrogen-bond donors (Lipinski definition) is 3. The second kappa shape index (κ2) is 4.57. The fourth-order valence-electron chi connectivity index (χ4n) is 0.995. The first-order chi connectivity index (χ1) is 6.69. The van der Waals surface area contributed by atoms with Crippen molar-refractivity contribution < 1.29 is 14.3 Å². The highest BCUT2D eigenvalue weighted by molar-refractivity contribution is 5.91. The molecule has 0 aliphatic rings. The molecule has 4 nitrogen and oxygen atoms in total. The van der Waals surface area contributed by atoms with E-state index in [2.05, 4.69) is 5.48 Å². The molecule has 0 atom stereocenters. The van der Waals surface area contributed by atoms with Crippen molar-refractivity contribution in [2.24, 2.45) is 0 Å². The summed E-state index contributed by atoms with van der Waals surface area (Å²) in [5.41, 5.74) is 2.89. The number of halogens is 1. The highest BCUT2D eigenvalue weighted by Crippen LogP contribution is 2.19. The molecule has 0 fully saturated rings. The summed E-state index contributed by atoms with van der Waals surface area (Å²) in [6, 6.07) is 4.18. The van der Waals surface area contributed by atoms with Gasteiger partial charge in [-0.3, -0.25) is 5.41 Å². The second-order valence-corrected chi connectivity index (χ2v) is 2.61. The van der Waals surface area contributed by atoms with E-state index in [9.17, 15) is 9.50 Å². The van der Waals surface area contributed by atoms with Crippen LogP contribution >= 0.6 is 0 Å². The van der Waals surface area contributed by atoms with Gasteiger partial charge in [0.2, 0.25) is 5.90 Å². The Balaban J connectivity index is 2.94. The van der Waals surface area contributed by atoms with Crippen LogP contribution in [0.2, 0.25) is 0 Å². The molecule has 0 amide bonds. The van der Waals surface area contributed by atoms with Gasteiger partial charge in [-0.15, -0.1) is 0 Å². The van der Waals surface area contributed by atoms with Gasteiger partial charge in [0.15, 0.2) is 0 Å². The van der Waals surface area contributed by atoms with Crippen LogP contribution in [-0.2, 0) is 11.5 Å². The molecular formula is C9H11FN2O2. The van der Waals surface area contributed by atoms with Crippen molar-refractivity contribution in [1.29, 1.82) is 5.41 Å². The van der Waals surface area contributed by atoms with Gasteiger partial charge in [-0.25, -0.2) is 4.39 Å². The zero-order valence-corrected chi connectivity index (χ0v) is 7.67. The van der Waals surface area contributed by atoms with Crippen molar-refractivity contribution >= 4 is 5.90 Å². The first kappa shape index (κ1) is 10.5. The van der Waals surface area contributed by atoms with Gasteiger partial charge in [-0.05, 0) is 18.2 Å². The maximum atomic E-state index is 12.3. The Labute approximate surface area is 80.8 Å². The van der Waals surface area contributed by atoms with Crippen molar-refractivity contribution in [3.05, 3.63) is 29.3 Å². The number of hydrogen-bond acceptors (Lipinski definition) is 4. The fourth-order valence-corrected chi connectivity index (χ4v) is 0.995. The summed E-state index contributed by atoms with van der Waals surface area (Å²) in [6.45, 7) is -0.771. The zero-order chi connectivity index (χ0) is 10.6. The standard InChI is InChI=1S/C9H11FN2O2/c1-12-14-9(11)6-2-3-8(13)7(4-6)5-10/h2-4,11-13H,5H2,1H3. The second-order valence-electron chi connectivity index (χ2n) is 2.61. The topological polar surface area (TPSA) is 65.3 Å². The minimum Gasteiger partial charge on any atom is -0.508 e. The third-order valence-corrected chi connectivity index (χ3v) is 1.69. The van der Waals surface area contributed by atoms with E-state index >= 15 is 0 Å². The third kappa shape index (κ3) is 2.20. The molecule has 0 bridgehead atoms. The third-order valence-electron chi connectivity index (χ3n) is 1.69. The normalized spacial score (nSPS) is 9.86. The maximum Gasteiger partial charge on any atom is 0.237 e. The minimum absolute atomic E-state index is 0.117. The van der Waals surface area contributed by atoms with Crippen molar-refractivity contribution in [3.63, 3.8) is 0 Å². The molecule has 3 N–H and O–H groups in total. The minimum atomic E-state index is -0.771. The average Bonchev–Trinajstić information content (AvgIpc) is 2.19. The van der Waals surface area contributed by atoms with E-state index in [1.807, 2.05) is 0 Å². The van der Waals surface area contributed by atoms with E-state index in [-0.39, 0.29) is 17.2 Å². The monoisotopic (exact) mass is 198 g/mol. The molecule has 0 saturated carbocycles. The highest BCUT2D eigenvalue weighted by atomic mass is 19.1. The zero-order valence-electron chi connectivity index (χ0n) is 7.67. The average molecular weight is 198 g/mol. The SMILES string of the molecule is CNOC(=N)c1ccc(O)c(CF)c1. The molecule has 1 aromatic rings. The van der Waals surface area contributed by atoms with Crippen LogP contribution in [0.25, 0.3) is 0 Å². The molecular weight excluding hydrogens is 187 g/mol. The Morgan fingerprint density at radius 2 is 2.36 bits per heavy atom. The summed E-state index contributed by atoms with van der Waals surface area (Å²) in [6.07, 6.45) is 0. The van der Waals surface area contributed by atoms with Crippen LogP contribution in [-0.4, -0.2) is 18.1 Å². The highest BCUT2D eigenvalue weighted by Gasteiger charge is 2.06. The molecule has 1 aromatic carbocycles. The summed E-state index contributed by atoms with van der Waals surface area (Å²) in [5, 5.41) is 16.6. The molecule has 0 unspecified atom stereocenters. The van der Waals surface area contributed by atoms with Crippen LogP contribution in [0.4, 0.5) is 4.39 Å². The van der Waals surface area contributed by atoms with Gasteiger partial charge in [-0.1, -0.05) is 0 Å². The summed E-state index contributed by atoms with van der Waals surface area (Å²) in [4.78, 5) is 4.70. The number of hydroxylamine groups is 1. The van der Waals surface area contributed by atoms with Crippen LogP contribution in [0, 0.1) is 5.41 Å². The van der Waals surface area contributed by atoms with E-state index in [1.165, 1.54) is 25.2 Å². The van der Waals surface area contributed by atoms with E-state index in [4.69, 9.17) is 10.2 Å². The van der Waals surface area contributed by atoms with Crippen LogP contribution in [0.15, 0.2) is 18.2 Å². The van der Waals surface area contributed by atoms with Gasteiger partial charge >= 0.3 is 0 Å². The van der Waals surface area contributed by atoms with Gasteiger partial charge in [0.25, 0.3) is 0 Å². The number of phenolic OH excluding ortho intramolecular Hbond substituents is 1. The summed E-state index contributed by atoms with van der Waals surface area (Å²) < 4.78 is 12.3. The molecule has 0 aliphatic heterocycles. The van der Waals surface area contributed by atoms with Gasteiger partial charge in [0, 0.05) is 18.2 Å². The van der Waals surface area contributed by atoms with Gasteiger partial charge in [0.1, 0.15) is 12.4 Å². The summed E-state index contributed by atoms with van der Waals surface area (Å²) in [5.74, 6) is -0.240. The van der Waals surface area contributed by atoms with E-state index in [0.717, 1.165) is 0 Å². The quantitative estimate of drug-likeness (QED) is 0.390. The van der Waals surface area contributed by atoms with E-state index in [0.29, 0.717) is 5.56 Å². The van der Waals surface area contributed by atoms with Crippen molar-refractivity contribution in [3.8, 4) is 5.75 Å². The Morgan fingerprint density at radius 1 is 1.64 bits per heavy atom. The predicted octanol–water partition coefficient (Wildman–Crippen LogP) is 1.34. The molecule has 0 radical (unpaired) electrons.